The molecule has 1 aromatic carbocycles. The summed E-state index contributed by atoms with van der Waals surface area (Å²) in [5, 5.41) is 0. The average molecular weight is 484 g/mol. The summed E-state index contributed by atoms with van der Waals surface area (Å²) in [6.45, 7) is 11.8. The fraction of sp³-hybridized carbons (Fsp3) is 0.320. The summed E-state index contributed by atoms with van der Waals surface area (Å²) in [7, 11) is -4.39. The number of hydrogen-bond donors (Lipinski definition) is 2. The summed E-state index contributed by atoms with van der Waals surface area (Å²) in [6.07, 6.45) is 1.31. The van der Waals surface area contributed by atoms with Crippen molar-refractivity contribution in [3.8, 4) is 5.75 Å². The van der Waals surface area contributed by atoms with Crippen molar-refractivity contribution in [3.63, 3.8) is 0 Å². The predicted molar refractivity (Wildman–Crippen MR) is 130 cm³/mol. The minimum absolute atomic E-state index is 0.0383. The van der Waals surface area contributed by atoms with Crippen LogP contribution in [0.5, 0.6) is 5.75 Å². The first kappa shape index (κ1) is 25.2. The number of aromatic nitrogens is 2. The lowest BCUT2D eigenvalue weighted by molar-refractivity contribution is 0.0978. The number of benzene rings is 1. The molecule has 2 heterocycles. The van der Waals surface area contributed by atoms with E-state index in [0.29, 0.717) is 11.4 Å². The lowest BCUT2D eigenvalue weighted by Crippen LogP contribution is -2.35. The Bertz CT molecular complexity index is 1380. The molecule has 9 heteroatoms. The highest BCUT2D eigenvalue weighted by molar-refractivity contribution is 7.90. The number of carbonyl (C=O) groups is 1. The van der Waals surface area contributed by atoms with Gasteiger partial charge in [0, 0.05) is 17.3 Å². The predicted octanol–water partition coefficient (Wildman–Crippen LogP) is 3.69. The zero-order valence-electron chi connectivity index (χ0n) is 20.1. The van der Waals surface area contributed by atoms with Gasteiger partial charge >= 0.3 is 0 Å². The summed E-state index contributed by atoms with van der Waals surface area (Å²) in [5.41, 5.74) is 2.94. The van der Waals surface area contributed by atoms with Crippen molar-refractivity contribution in [1.82, 2.24) is 14.7 Å². The molecule has 0 saturated carbocycles. The van der Waals surface area contributed by atoms with E-state index < -0.39 is 26.4 Å². The molecule has 3 rings (SSSR count). The van der Waals surface area contributed by atoms with Gasteiger partial charge in [-0.3, -0.25) is 14.6 Å². The largest absolute Gasteiger partial charge is 0.487 e. The van der Waals surface area contributed by atoms with Gasteiger partial charge in [-0.1, -0.05) is 38.5 Å². The van der Waals surface area contributed by atoms with Gasteiger partial charge < -0.3 is 9.72 Å². The minimum atomic E-state index is -4.39. The van der Waals surface area contributed by atoms with Gasteiger partial charge in [0.15, 0.2) is 4.90 Å². The number of sulfonamides is 1. The molecule has 0 radical (unpaired) electrons. The number of H-pyrrole nitrogens is 1. The second-order valence-electron chi connectivity index (χ2n) is 9.26. The van der Waals surface area contributed by atoms with Crippen molar-refractivity contribution in [3.05, 3.63) is 86.6 Å². The Labute approximate surface area is 199 Å². The Hall–Kier alpha value is -3.46. The quantitative estimate of drug-likeness (QED) is 0.552. The van der Waals surface area contributed by atoms with E-state index in [1.807, 2.05) is 58.4 Å². The average Bonchev–Trinajstić information content (AvgIpc) is 2.72. The first-order valence-corrected chi connectivity index (χ1v) is 12.2. The summed E-state index contributed by atoms with van der Waals surface area (Å²) in [4.78, 5) is 31.3. The maximum absolute atomic E-state index is 13.0. The topological polar surface area (TPSA) is 118 Å². The van der Waals surface area contributed by atoms with Crippen LogP contribution in [0, 0.1) is 20.8 Å². The molecular formula is C25H29N3O5S. The first-order chi connectivity index (χ1) is 15.8. The van der Waals surface area contributed by atoms with Gasteiger partial charge in [-0.25, -0.2) is 13.1 Å². The standard InChI is InChI=1S/C25H29N3O5S/c1-15-12-16(2)22(17(3)13-15)33-14-19-18(9-10-21(27-19)25(4,5)6)23(29)28-34(31,32)20-8-7-11-26-24(20)30/h7-13H,14H2,1-6H3,(H,26,30)(H,28,29). The van der Waals surface area contributed by atoms with E-state index in [2.05, 4.69) is 9.97 Å². The maximum atomic E-state index is 13.0. The Kier molecular flexibility index (Phi) is 6.97. The van der Waals surface area contributed by atoms with Gasteiger partial charge in [0.25, 0.3) is 21.5 Å². The second kappa shape index (κ2) is 9.42. The number of rotatable bonds is 6. The van der Waals surface area contributed by atoms with E-state index in [1.54, 1.807) is 6.07 Å². The summed E-state index contributed by atoms with van der Waals surface area (Å²) in [6, 6.07) is 9.70. The third kappa shape index (κ3) is 5.53. The number of hydrogen-bond acceptors (Lipinski definition) is 6. The fourth-order valence-electron chi connectivity index (χ4n) is 3.62. The van der Waals surface area contributed by atoms with Crippen LogP contribution in [0.4, 0.5) is 0 Å². The lowest BCUT2D eigenvalue weighted by Gasteiger charge is -2.20. The van der Waals surface area contributed by atoms with Gasteiger partial charge in [0.1, 0.15) is 12.4 Å². The highest BCUT2D eigenvalue weighted by Gasteiger charge is 2.25. The molecule has 0 fully saturated rings. The zero-order valence-corrected chi connectivity index (χ0v) is 21.0. The lowest BCUT2D eigenvalue weighted by atomic mass is 9.91. The van der Waals surface area contributed by atoms with Crippen LogP contribution in [0.15, 0.2) is 52.3 Å². The van der Waals surface area contributed by atoms with Crippen LogP contribution in [0.25, 0.3) is 0 Å². The van der Waals surface area contributed by atoms with Gasteiger partial charge in [-0.05, 0) is 56.2 Å². The van der Waals surface area contributed by atoms with E-state index in [4.69, 9.17) is 4.74 Å². The first-order valence-electron chi connectivity index (χ1n) is 10.8. The van der Waals surface area contributed by atoms with Crippen molar-refractivity contribution >= 4 is 15.9 Å². The number of aromatic amines is 1. The van der Waals surface area contributed by atoms with Gasteiger partial charge in [0.05, 0.1) is 11.3 Å². The fourth-order valence-corrected chi connectivity index (χ4v) is 4.65. The van der Waals surface area contributed by atoms with Crippen molar-refractivity contribution in [2.45, 2.75) is 58.5 Å². The highest BCUT2D eigenvalue weighted by atomic mass is 32.2. The number of amides is 1. The second-order valence-corrected chi connectivity index (χ2v) is 10.9. The molecule has 1 amide bonds. The SMILES string of the molecule is Cc1cc(C)c(OCc2nc(C(C)(C)C)ccc2C(=O)NS(=O)(=O)c2ccc[nH]c2=O)c(C)c1. The molecule has 0 bridgehead atoms. The van der Waals surface area contributed by atoms with Crippen molar-refractivity contribution in [2.24, 2.45) is 0 Å². The third-order valence-electron chi connectivity index (χ3n) is 5.24. The molecule has 2 aromatic heterocycles. The Morgan fingerprint density at radius 2 is 1.74 bits per heavy atom. The van der Waals surface area contributed by atoms with Gasteiger partial charge in [-0.15, -0.1) is 0 Å². The molecule has 0 saturated heterocycles. The van der Waals surface area contributed by atoms with E-state index in [0.717, 1.165) is 28.5 Å². The van der Waals surface area contributed by atoms with Crippen LogP contribution < -0.4 is 15.0 Å². The summed E-state index contributed by atoms with van der Waals surface area (Å²) in [5.74, 6) is -0.212. The Balaban J connectivity index is 1.98. The monoisotopic (exact) mass is 483 g/mol. The van der Waals surface area contributed by atoms with Crippen LogP contribution in [0.3, 0.4) is 0 Å². The van der Waals surface area contributed by atoms with E-state index in [9.17, 15) is 18.0 Å². The number of nitrogens with zero attached hydrogens (tertiary/aromatic N) is 1. The Morgan fingerprint density at radius 3 is 2.32 bits per heavy atom. The smallest absolute Gasteiger partial charge is 0.269 e. The Morgan fingerprint density at radius 1 is 1.09 bits per heavy atom. The normalized spacial score (nSPS) is 11.8. The zero-order chi connectivity index (χ0) is 25.3. The molecular weight excluding hydrogens is 454 g/mol. The number of aryl methyl sites for hydroxylation is 3. The molecule has 0 aliphatic rings. The number of nitrogens with one attached hydrogen (secondary N) is 2. The molecule has 180 valence electrons. The molecule has 34 heavy (non-hydrogen) atoms. The highest BCUT2D eigenvalue weighted by Crippen LogP contribution is 2.27. The summed E-state index contributed by atoms with van der Waals surface area (Å²) >= 11 is 0. The molecule has 0 atom stereocenters. The molecule has 0 aliphatic carbocycles. The van der Waals surface area contributed by atoms with Crippen molar-refractivity contribution in [1.29, 1.82) is 0 Å². The van der Waals surface area contributed by atoms with E-state index >= 15 is 0 Å². The van der Waals surface area contributed by atoms with Crippen LogP contribution in [0.2, 0.25) is 0 Å². The minimum Gasteiger partial charge on any atom is -0.487 e. The number of ether oxygens (including phenoxy) is 1. The molecule has 3 aromatic rings. The maximum Gasteiger partial charge on any atom is 0.269 e. The van der Waals surface area contributed by atoms with Gasteiger partial charge in [-0.2, -0.15) is 0 Å². The van der Waals surface area contributed by atoms with E-state index in [1.165, 1.54) is 18.3 Å². The third-order valence-corrected chi connectivity index (χ3v) is 6.60. The van der Waals surface area contributed by atoms with Crippen molar-refractivity contribution < 1.29 is 17.9 Å². The molecule has 8 nitrogen and oxygen atoms in total. The van der Waals surface area contributed by atoms with Crippen LogP contribution in [-0.2, 0) is 22.0 Å². The van der Waals surface area contributed by atoms with Gasteiger partial charge in [0.2, 0.25) is 0 Å². The number of carbonyl (C=O) groups excluding carboxylic acids is 1. The molecule has 0 unspecified atom stereocenters. The van der Waals surface area contributed by atoms with Crippen LogP contribution in [0.1, 0.15) is 59.2 Å². The van der Waals surface area contributed by atoms with E-state index in [-0.39, 0.29) is 17.6 Å². The summed E-state index contributed by atoms with van der Waals surface area (Å²) < 4.78 is 33.4. The molecule has 0 aliphatic heterocycles. The van der Waals surface area contributed by atoms with Crippen molar-refractivity contribution in [2.75, 3.05) is 0 Å². The molecule has 0 spiro atoms. The van der Waals surface area contributed by atoms with Crippen LogP contribution >= 0.6 is 0 Å². The van der Waals surface area contributed by atoms with Crippen LogP contribution in [-0.4, -0.2) is 24.3 Å². The molecule has 2 N–H and O–H groups in total. The number of pyridine rings is 2.